The maximum Gasteiger partial charge on any atom is 0.338 e. The van der Waals surface area contributed by atoms with Crippen LogP contribution in [0.3, 0.4) is 0 Å². The minimum absolute atomic E-state index is 0.00297. The molecule has 1 aliphatic heterocycles. The highest BCUT2D eigenvalue weighted by molar-refractivity contribution is 7.89. The highest BCUT2D eigenvalue weighted by Crippen LogP contribution is 2.25. The lowest BCUT2D eigenvalue weighted by Gasteiger charge is -2.32. The van der Waals surface area contributed by atoms with E-state index in [4.69, 9.17) is 4.74 Å². The van der Waals surface area contributed by atoms with Gasteiger partial charge in [0.25, 0.3) is 0 Å². The second-order valence-corrected chi connectivity index (χ2v) is 8.98. The van der Waals surface area contributed by atoms with E-state index in [1.807, 2.05) is 19.1 Å². The van der Waals surface area contributed by atoms with Crippen LogP contribution in [-0.4, -0.2) is 42.9 Å². The van der Waals surface area contributed by atoms with Gasteiger partial charge in [-0.05, 0) is 68.5 Å². The summed E-state index contributed by atoms with van der Waals surface area (Å²) < 4.78 is 32.5. The van der Waals surface area contributed by atoms with Gasteiger partial charge in [0.2, 0.25) is 10.0 Å². The minimum Gasteiger partial charge on any atom is -0.462 e. The minimum atomic E-state index is -3.53. The summed E-state index contributed by atoms with van der Waals surface area (Å²) in [7, 11) is -3.53. The maximum absolute atomic E-state index is 12.8. The number of ether oxygens (including phenoxy) is 1. The molecule has 1 atom stereocenters. The Balaban J connectivity index is 1.55. The van der Waals surface area contributed by atoms with E-state index in [0.717, 1.165) is 31.2 Å². The van der Waals surface area contributed by atoms with E-state index in [9.17, 15) is 13.2 Å². The molecule has 7 heteroatoms. The molecule has 3 rings (SSSR count). The molecule has 1 aromatic heterocycles. The number of benzene rings is 1. The molecule has 0 N–H and O–H groups in total. The SMILES string of the molecule is C[C@@H]1CCCCN1S(=O)(=O)c1ccc(C(=O)OCCCc2cccnc2)cc1. The molecule has 6 nitrogen and oxygen atoms in total. The average Bonchev–Trinajstić information content (AvgIpc) is 2.72. The van der Waals surface area contributed by atoms with Crippen LogP contribution >= 0.6 is 0 Å². The zero-order valence-electron chi connectivity index (χ0n) is 16.1. The topological polar surface area (TPSA) is 76.6 Å². The molecule has 1 aromatic carbocycles. The number of carbonyl (C=O) groups excluding carboxylic acids is 1. The van der Waals surface area contributed by atoms with E-state index in [1.165, 1.54) is 24.3 Å². The Bertz CT molecular complexity index is 882. The molecule has 150 valence electrons. The first-order valence-electron chi connectivity index (χ1n) is 9.66. The molecular formula is C21H26N2O4S. The molecule has 0 saturated carbocycles. The molecule has 0 aliphatic carbocycles. The summed E-state index contributed by atoms with van der Waals surface area (Å²) in [5.74, 6) is -0.443. The Labute approximate surface area is 166 Å². The molecule has 0 bridgehead atoms. The van der Waals surface area contributed by atoms with Crippen LogP contribution < -0.4 is 0 Å². The Morgan fingerprint density at radius 2 is 2.00 bits per heavy atom. The largest absolute Gasteiger partial charge is 0.462 e. The van der Waals surface area contributed by atoms with Crippen LogP contribution in [0.15, 0.2) is 53.7 Å². The van der Waals surface area contributed by atoms with E-state index in [-0.39, 0.29) is 10.9 Å². The third-order valence-corrected chi connectivity index (χ3v) is 7.03. The van der Waals surface area contributed by atoms with Crippen molar-refractivity contribution in [3.05, 3.63) is 59.9 Å². The molecule has 0 unspecified atom stereocenters. The van der Waals surface area contributed by atoms with Gasteiger partial charge in [0.05, 0.1) is 17.1 Å². The standard InChI is InChI=1S/C21H26N2O4S/c1-17-6-2-3-14-23(17)28(25,26)20-11-9-19(10-12-20)21(24)27-15-5-8-18-7-4-13-22-16-18/h4,7,9-13,16-17H,2-3,5-6,8,14-15H2,1H3/t17-/m1/s1. The predicted octanol–water partition coefficient (Wildman–Crippen LogP) is 3.43. The van der Waals surface area contributed by atoms with Crippen molar-refractivity contribution in [3.8, 4) is 0 Å². The average molecular weight is 403 g/mol. The fourth-order valence-electron chi connectivity index (χ4n) is 3.40. The van der Waals surface area contributed by atoms with Crippen molar-refractivity contribution in [2.24, 2.45) is 0 Å². The van der Waals surface area contributed by atoms with Crippen LogP contribution in [0.4, 0.5) is 0 Å². The van der Waals surface area contributed by atoms with Gasteiger partial charge >= 0.3 is 5.97 Å². The number of aryl methyl sites for hydroxylation is 1. The van der Waals surface area contributed by atoms with E-state index < -0.39 is 16.0 Å². The molecular weight excluding hydrogens is 376 g/mol. The van der Waals surface area contributed by atoms with Gasteiger partial charge < -0.3 is 4.74 Å². The van der Waals surface area contributed by atoms with E-state index in [2.05, 4.69) is 4.98 Å². The smallest absolute Gasteiger partial charge is 0.338 e. The number of rotatable bonds is 7. The Morgan fingerprint density at radius 3 is 2.68 bits per heavy atom. The zero-order valence-corrected chi connectivity index (χ0v) is 16.9. The normalized spacial score (nSPS) is 18.0. The fraction of sp³-hybridized carbons (Fsp3) is 0.429. The highest BCUT2D eigenvalue weighted by Gasteiger charge is 2.30. The van der Waals surface area contributed by atoms with Gasteiger partial charge in [-0.25, -0.2) is 13.2 Å². The van der Waals surface area contributed by atoms with Crippen molar-refractivity contribution in [2.75, 3.05) is 13.2 Å². The summed E-state index contributed by atoms with van der Waals surface area (Å²) in [6, 6.07) is 9.88. The quantitative estimate of drug-likeness (QED) is 0.524. The molecule has 0 amide bonds. The van der Waals surface area contributed by atoms with E-state index in [1.54, 1.807) is 16.7 Å². The fourth-order valence-corrected chi connectivity index (χ4v) is 5.10. The lowest BCUT2D eigenvalue weighted by molar-refractivity contribution is 0.0500. The second-order valence-electron chi connectivity index (χ2n) is 7.09. The van der Waals surface area contributed by atoms with Gasteiger partial charge in [0.15, 0.2) is 0 Å². The van der Waals surface area contributed by atoms with Crippen molar-refractivity contribution in [1.82, 2.24) is 9.29 Å². The van der Waals surface area contributed by atoms with Crippen molar-refractivity contribution in [2.45, 2.75) is 50.0 Å². The number of hydrogen-bond donors (Lipinski definition) is 0. The highest BCUT2D eigenvalue weighted by atomic mass is 32.2. The molecule has 1 saturated heterocycles. The second kappa shape index (κ2) is 9.30. The molecule has 2 heterocycles. The van der Waals surface area contributed by atoms with Crippen LogP contribution in [-0.2, 0) is 21.2 Å². The molecule has 1 aliphatic rings. The summed E-state index contributed by atoms with van der Waals surface area (Å²) >= 11 is 0. The van der Waals surface area contributed by atoms with Crippen LogP contribution in [0.1, 0.15) is 48.5 Å². The number of hydrogen-bond acceptors (Lipinski definition) is 5. The summed E-state index contributed by atoms with van der Waals surface area (Å²) in [6.07, 6.45) is 7.82. The number of aromatic nitrogens is 1. The van der Waals surface area contributed by atoms with Gasteiger partial charge in [-0.15, -0.1) is 0 Å². The number of sulfonamides is 1. The van der Waals surface area contributed by atoms with E-state index >= 15 is 0 Å². The third kappa shape index (κ3) is 4.97. The third-order valence-electron chi connectivity index (χ3n) is 5.00. The number of piperidine rings is 1. The van der Waals surface area contributed by atoms with Crippen molar-refractivity contribution in [3.63, 3.8) is 0 Å². The van der Waals surface area contributed by atoms with Gasteiger partial charge in [0, 0.05) is 25.0 Å². The maximum atomic E-state index is 12.8. The summed E-state index contributed by atoms with van der Waals surface area (Å²) in [4.78, 5) is 16.4. The number of carbonyl (C=O) groups is 1. The van der Waals surface area contributed by atoms with Gasteiger partial charge in [-0.3, -0.25) is 4.98 Å². The number of nitrogens with zero attached hydrogens (tertiary/aromatic N) is 2. The molecule has 2 aromatic rings. The molecule has 0 spiro atoms. The summed E-state index contributed by atoms with van der Waals surface area (Å²) in [6.45, 7) is 2.79. The first kappa shape index (κ1) is 20.5. The van der Waals surface area contributed by atoms with Gasteiger partial charge in [-0.2, -0.15) is 4.31 Å². The molecule has 0 radical (unpaired) electrons. The van der Waals surface area contributed by atoms with Crippen molar-refractivity contribution < 1.29 is 17.9 Å². The first-order valence-corrected chi connectivity index (χ1v) is 11.1. The van der Waals surface area contributed by atoms with E-state index in [0.29, 0.717) is 25.1 Å². The Hall–Kier alpha value is -2.25. The lowest BCUT2D eigenvalue weighted by Crippen LogP contribution is -2.41. The van der Waals surface area contributed by atoms with Gasteiger partial charge in [0.1, 0.15) is 0 Å². The monoisotopic (exact) mass is 402 g/mol. The van der Waals surface area contributed by atoms with Crippen molar-refractivity contribution >= 4 is 16.0 Å². The molecule has 1 fully saturated rings. The van der Waals surface area contributed by atoms with Crippen LogP contribution in [0.5, 0.6) is 0 Å². The predicted molar refractivity (Wildman–Crippen MR) is 106 cm³/mol. The summed E-state index contributed by atoms with van der Waals surface area (Å²) in [5, 5.41) is 0. The lowest BCUT2D eigenvalue weighted by atomic mass is 10.1. The zero-order chi connectivity index (χ0) is 20.0. The van der Waals surface area contributed by atoms with Crippen molar-refractivity contribution in [1.29, 1.82) is 0 Å². The number of pyridine rings is 1. The van der Waals surface area contributed by atoms with Gasteiger partial charge in [-0.1, -0.05) is 12.5 Å². The van der Waals surface area contributed by atoms with Crippen LogP contribution in [0, 0.1) is 0 Å². The number of esters is 1. The molecule has 28 heavy (non-hydrogen) atoms. The summed E-state index contributed by atoms with van der Waals surface area (Å²) in [5.41, 5.74) is 1.45. The van der Waals surface area contributed by atoms with Crippen LogP contribution in [0.2, 0.25) is 0 Å². The van der Waals surface area contributed by atoms with Crippen LogP contribution in [0.25, 0.3) is 0 Å². The Morgan fingerprint density at radius 1 is 1.21 bits per heavy atom. The Kier molecular flexibility index (Phi) is 6.80. The first-order chi connectivity index (χ1) is 13.5.